The number of rotatable bonds is 5. The number of hydrogen-bond donors (Lipinski definition) is 1. The Labute approximate surface area is 115 Å². The summed E-state index contributed by atoms with van der Waals surface area (Å²) in [4.78, 5) is 27.1. The lowest BCUT2D eigenvalue weighted by molar-refractivity contribution is -0.157. The standard InChI is InChI=1S/C15H26N2O2/c1-3-5-11-17-13(18)12(8-4-2)16-14(19)15(17)9-6-7-10-15/h12H,3-11H2,1-2H3,(H,16,19). The van der Waals surface area contributed by atoms with Gasteiger partial charge in [0.25, 0.3) is 0 Å². The number of piperazine rings is 1. The molecule has 1 aliphatic carbocycles. The summed E-state index contributed by atoms with van der Waals surface area (Å²) in [6.45, 7) is 4.91. The molecule has 0 aromatic heterocycles. The number of carbonyl (C=O) groups excluding carboxylic acids is 2. The van der Waals surface area contributed by atoms with E-state index in [4.69, 9.17) is 0 Å². The number of amides is 2. The number of unbranched alkanes of at least 4 members (excludes halogenated alkanes) is 1. The van der Waals surface area contributed by atoms with E-state index in [9.17, 15) is 9.59 Å². The third kappa shape index (κ3) is 2.49. The molecule has 19 heavy (non-hydrogen) atoms. The lowest BCUT2D eigenvalue weighted by Crippen LogP contribution is -2.69. The smallest absolute Gasteiger partial charge is 0.246 e. The fourth-order valence-electron chi connectivity index (χ4n) is 3.46. The summed E-state index contributed by atoms with van der Waals surface area (Å²) in [6, 6.07) is -0.291. The van der Waals surface area contributed by atoms with E-state index in [-0.39, 0.29) is 17.9 Å². The Morgan fingerprint density at radius 3 is 2.47 bits per heavy atom. The molecule has 0 aromatic rings. The SMILES string of the molecule is CCCCN1C(=O)C(CCC)NC(=O)C12CCCC2. The van der Waals surface area contributed by atoms with Crippen molar-refractivity contribution in [2.45, 2.75) is 76.8 Å². The second-order valence-corrected chi connectivity index (χ2v) is 5.90. The van der Waals surface area contributed by atoms with E-state index in [2.05, 4.69) is 19.2 Å². The normalized spacial score (nSPS) is 26.0. The number of nitrogens with zero attached hydrogens (tertiary/aromatic N) is 1. The zero-order chi connectivity index (χ0) is 13.9. The summed E-state index contributed by atoms with van der Waals surface area (Å²) in [5.41, 5.74) is -0.517. The van der Waals surface area contributed by atoms with Gasteiger partial charge in [-0.2, -0.15) is 0 Å². The van der Waals surface area contributed by atoms with E-state index in [1.165, 1.54) is 0 Å². The highest BCUT2D eigenvalue weighted by atomic mass is 16.2. The summed E-state index contributed by atoms with van der Waals surface area (Å²) in [6.07, 6.45) is 7.51. The van der Waals surface area contributed by atoms with Crippen molar-refractivity contribution in [1.82, 2.24) is 10.2 Å². The molecule has 1 aliphatic heterocycles. The maximum absolute atomic E-state index is 12.6. The minimum absolute atomic E-state index is 0.0964. The molecule has 1 heterocycles. The van der Waals surface area contributed by atoms with Crippen LogP contribution in [0.4, 0.5) is 0 Å². The maximum Gasteiger partial charge on any atom is 0.246 e. The summed E-state index contributed by atoms with van der Waals surface area (Å²) < 4.78 is 0. The maximum atomic E-state index is 12.6. The summed E-state index contributed by atoms with van der Waals surface area (Å²) in [7, 11) is 0. The van der Waals surface area contributed by atoms with Crippen LogP contribution in [0.2, 0.25) is 0 Å². The van der Waals surface area contributed by atoms with E-state index >= 15 is 0 Å². The first-order valence-electron chi connectivity index (χ1n) is 7.78. The molecule has 0 aromatic carbocycles. The van der Waals surface area contributed by atoms with Gasteiger partial charge in [-0.05, 0) is 25.7 Å². The highest BCUT2D eigenvalue weighted by Gasteiger charge is 2.53. The molecule has 1 atom stereocenters. The third-order valence-electron chi connectivity index (χ3n) is 4.55. The molecule has 1 N–H and O–H groups in total. The average Bonchev–Trinajstić information content (AvgIpc) is 2.87. The van der Waals surface area contributed by atoms with Gasteiger partial charge in [-0.1, -0.05) is 39.5 Å². The fourth-order valence-corrected chi connectivity index (χ4v) is 3.46. The highest BCUT2D eigenvalue weighted by Crippen LogP contribution is 2.38. The van der Waals surface area contributed by atoms with E-state index < -0.39 is 5.54 Å². The molecule has 2 amide bonds. The van der Waals surface area contributed by atoms with Crippen LogP contribution in [0.15, 0.2) is 0 Å². The quantitative estimate of drug-likeness (QED) is 0.829. The van der Waals surface area contributed by atoms with Crippen LogP contribution in [0.3, 0.4) is 0 Å². The van der Waals surface area contributed by atoms with Gasteiger partial charge in [-0.25, -0.2) is 0 Å². The van der Waals surface area contributed by atoms with E-state index in [1.54, 1.807) is 0 Å². The van der Waals surface area contributed by atoms with Crippen LogP contribution in [0.1, 0.15) is 65.2 Å². The van der Waals surface area contributed by atoms with Gasteiger partial charge in [-0.3, -0.25) is 9.59 Å². The monoisotopic (exact) mass is 266 g/mol. The summed E-state index contributed by atoms with van der Waals surface area (Å²) >= 11 is 0. The van der Waals surface area contributed by atoms with Crippen LogP contribution in [-0.4, -0.2) is 34.8 Å². The predicted octanol–water partition coefficient (Wildman–Crippen LogP) is 2.23. The molecule has 1 saturated carbocycles. The molecular weight excluding hydrogens is 240 g/mol. The third-order valence-corrected chi connectivity index (χ3v) is 4.55. The van der Waals surface area contributed by atoms with Gasteiger partial charge in [-0.15, -0.1) is 0 Å². The van der Waals surface area contributed by atoms with Crippen molar-refractivity contribution in [2.75, 3.05) is 6.54 Å². The first-order valence-corrected chi connectivity index (χ1v) is 7.78. The zero-order valence-corrected chi connectivity index (χ0v) is 12.2. The van der Waals surface area contributed by atoms with Crippen LogP contribution in [0.5, 0.6) is 0 Å². The van der Waals surface area contributed by atoms with Crippen molar-refractivity contribution < 1.29 is 9.59 Å². The van der Waals surface area contributed by atoms with Gasteiger partial charge < -0.3 is 10.2 Å². The van der Waals surface area contributed by atoms with Crippen molar-refractivity contribution in [2.24, 2.45) is 0 Å². The molecule has 108 valence electrons. The van der Waals surface area contributed by atoms with Crippen molar-refractivity contribution in [3.63, 3.8) is 0 Å². The Balaban J connectivity index is 2.22. The largest absolute Gasteiger partial charge is 0.342 e. The topological polar surface area (TPSA) is 49.4 Å². The Hall–Kier alpha value is -1.06. The Kier molecular flexibility index (Phi) is 4.48. The molecular formula is C15H26N2O2. The Morgan fingerprint density at radius 2 is 1.89 bits per heavy atom. The van der Waals surface area contributed by atoms with Gasteiger partial charge in [0.2, 0.25) is 11.8 Å². The highest BCUT2D eigenvalue weighted by molar-refractivity contribution is 6.00. The second kappa shape index (κ2) is 5.93. The minimum atomic E-state index is -0.517. The molecule has 1 unspecified atom stereocenters. The predicted molar refractivity (Wildman–Crippen MR) is 74.7 cm³/mol. The van der Waals surface area contributed by atoms with Crippen LogP contribution in [0.25, 0.3) is 0 Å². The van der Waals surface area contributed by atoms with Crippen LogP contribution < -0.4 is 5.32 Å². The molecule has 1 saturated heterocycles. The van der Waals surface area contributed by atoms with Gasteiger partial charge in [0, 0.05) is 6.54 Å². The zero-order valence-electron chi connectivity index (χ0n) is 12.2. The van der Waals surface area contributed by atoms with Gasteiger partial charge in [0.05, 0.1) is 0 Å². The first-order chi connectivity index (χ1) is 9.15. The molecule has 1 spiro atoms. The van der Waals surface area contributed by atoms with Crippen LogP contribution >= 0.6 is 0 Å². The lowest BCUT2D eigenvalue weighted by atomic mass is 9.88. The van der Waals surface area contributed by atoms with Crippen molar-refractivity contribution >= 4 is 11.8 Å². The van der Waals surface area contributed by atoms with Gasteiger partial charge in [0.15, 0.2) is 0 Å². The van der Waals surface area contributed by atoms with Crippen LogP contribution in [0, 0.1) is 0 Å². The van der Waals surface area contributed by atoms with E-state index in [1.807, 2.05) is 4.90 Å². The van der Waals surface area contributed by atoms with Gasteiger partial charge >= 0.3 is 0 Å². The van der Waals surface area contributed by atoms with Crippen molar-refractivity contribution in [3.05, 3.63) is 0 Å². The van der Waals surface area contributed by atoms with E-state index in [0.717, 1.165) is 57.9 Å². The first kappa shape index (κ1) is 14.4. The number of carbonyl (C=O) groups is 2. The molecule has 4 nitrogen and oxygen atoms in total. The molecule has 0 radical (unpaired) electrons. The molecule has 2 fully saturated rings. The van der Waals surface area contributed by atoms with Gasteiger partial charge in [0.1, 0.15) is 11.6 Å². The minimum Gasteiger partial charge on any atom is -0.342 e. The number of hydrogen-bond acceptors (Lipinski definition) is 2. The fraction of sp³-hybridized carbons (Fsp3) is 0.867. The van der Waals surface area contributed by atoms with Crippen molar-refractivity contribution in [1.29, 1.82) is 0 Å². The molecule has 2 rings (SSSR count). The molecule has 2 aliphatic rings. The Morgan fingerprint density at radius 1 is 1.21 bits per heavy atom. The van der Waals surface area contributed by atoms with Crippen molar-refractivity contribution in [3.8, 4) is 0 Å². The van der Waals surface area contributed by atoms with Crippen LogP contribution in [-0.2, 0) is 9.59 Å². The molecule has 4 heteroatoms. The Bertz CT molecular complexity index is 348. The number of nitrogens with one attached hydrogen (secondary N) is 1. The van der Waals surface area contributed by atoms with E-state index in [0.29, 0.717) is 0 Å². The average molecular weight is 266 g/mol. The lowest BCUT2D eigenvalue weighted by Gasteiger charge is -2.46. The second-order valence-electron chi connectivity index (χ2n) is 5.90. The summed E-state index contributed by atoms with van der Waals surface area (Å²) in [5, 5.41) is 2.98. The molecule has 0 bridgehead atoms. The summed E-state index contributed by atoms with van der Waals surface area (Å²) in [5.74, 6) is 0.246.